The van der Waals surface area contributed by atoms with Crippen molar-refractivity contribution in [2.24, 2.45) is 5.92 Å². The van der Waals surface area contributed by atoms with Crippen LogP contribution in [0.4, 0.5) is 26.3 Å². The predicted molar refractivity (Wildman–Crippen MR) is 96.5 cm³/mol. The number of carbonyl (C=O) groups is 1. The van der Waals surface area contributed by atoms with Gasteiger partial charge in [-0.25, -0.2) is 4.39 Å². The van der Waals surface area contributed by atoms with Crippen LogP contribution in [0.3, 0.4) is 0 Å². The van der Waals surface area contributed by atoms with E-state index in [4.69, 9.17) is 14.2 Å². The van der Waals surface area contributed by atoms with Crippen LogP contribution in [0.15, 0.2) is 24.3 Å². The summed E-state index contributed by atoms with van der Waals surface area (Å²) >= 11 is 0. The average molecular weight is 458 g/mol. The van der Waals surface area contributed by atoms with Crippen LogP contribution in [0.2, 0.25) is 0 Å². The number of esters is 1. The number of hydrogen-bond donors (Lipinski definition) is 0. The smallest absolute Gasteiger partial charge is 0.430 e. The second-order valence-electron chi connectivity index (χ2n) is 7.09. The minimum atomic E-state index is -5.77. The molecule has 5 nitrogen and oxygen atoms in total. The number of benzene rings is 1. The van der Waals surface area contributed by atoms with Crippen LogP contribution >= 0.6 is 0 Å². The van der Waals surface area contributed by atoms with E-state index in [2.05, 4.69) is 4.74 Å². The fourth-order valence-electron chi connectivity index (χ4n) is 3.15. The van der Waals surface area contributed by atoms with E-state index in [1.807, 2.05) is 6.92 Å². The molecule has 2 rings (SSSR count). The van der Waals surface area contributed by atoms with Crippen molar-refractivity contribution >= 4 is 5.97 Å². The van der Waals surface area contributed by atoms with Crippen molar-refractivity contribution in [1.82, 2.24) is 0 Å². The standard InChI is InChI=1S/C20H24F6O5/c1-3-28-12(2)29-14-6-4-13(5-7-14)17(27)30-15-8-10-16(11-9-15)31-20(25,26)18(21)19(22,23)24/h8-14,18H,3-7H2,1-2H3. The minimum Gasteiger partial charge on any atom is -0.430 e. The third-order valence-electron chi connectivity index (χ3n) is 4.67. The van der Waals surface area contributed by atoms with Crippen LogP contribution in [0.1, 0.15) is 39.5 Å². The molecule has 2 atom stereocenters. The molecule has 0 saturated heterocycles. The molecule has 1 fully saturated rings. The van der Waals surface area contributed by atoms with Crippen molar-refractivity contribution in [3.63, 3.8) is 0 Å². The molecular formula is C20H24F6O5. The van der Waals surface area contributed by atoms with Gasteiger partial charge in [0.1, 0.15) is 11.5 Å². The fraction of sp³-hybridized carbons (Fsp3) is 0.650. The molecule has 0 radical (unpaired) electrons. The van der Waals surface area contributed by atoms with Crippen LogP contribution in [-0.4, -0.2) is 43.4 Å². The minimum absolute atomic E-state index is 0.00312. The Balaban J connectivity index is 1.84. The monoisotopic (exact) mass is 458 g/mol. The summed E-state index contributed by atoms with van der Waals surface area (Å²) in [5, 5.41) is 0. The van der Waals surface area contributed by atoms with Crippen molar-refractivity contribution in [2.45, 2.75) is 70.4 Å². The van der Waals surface area contributed by atoms with E-state index < -0.39 is 30.2 Å². The van der Waals surface area contributed by atoms with Gasteiger partial charge in [-0.15, -0.1) is 0 Å². The van der Waals surface area contributed by atoms with Crippen LogP contribution < -0.4 is 9.47 Å². The maximum Gasteiger partial charge on any atom is 0.439 e. The lowest BCUT2D eigenvalue weighted by Gasteiger charge is -2.29. The molecule has 1 aromatic carbocycles. The van der Waals surface area contributed by atoms with E-state index in [0.29, 0.717) is 32.3 Å². The van der Waals surface area contributed by atoms with Crippen LogP contribution in [0, 0.1) is 5.92 Å². The molecule has 2 unspecified atom stereocenters. The lowest BCUT2D eigenvalue weighted by atomic mass is 9.87. The maximum atomic E-state index is 13.3. The van der Waals surface area contributed by atoms with Gasteiger partial charge in [0.15, 0.2) is 6.29 Å². The molecule has 1 aromatic rings. The SMILES string of the molecule is CCOC(C)OC1CCC(C(=O)Oc2ccc(OC(F)(F)C(F)C(F)(F)F)cc2)CC1. The molecule has 0 amide bonds. The summed E-state index contributed by atoms with van der Waals surface area (Å²) in [6.07, 6.45) is -13.4. The lowest BCUT2D eigenvalue weighted by Crippen LogP contribution is -2.45. The molecule has 0 aliphatic heterocycles. The number of hydrogen-bond acceptors (Lipinski definition) is 5. The Kier molecular flexibility index (Phi) is 8.58. The van der Waals surface area contributed by atoms with Crippen LogP contribution in [-0.2, 0) is 14.3 Å². The van der Waals surface area contributed by atoms with Gasteiger partial charge >= 0.3 is 18.3 Å². The Morgan fingerprint density at radius 1 is 1.03 bits per heavy atom. The molecule has 1 saturated carbocycles. The maximum absolute atomic E-state index is 13.3. The molecule has 0 heterocycles. The van der Waals surface area contributed by atoms with Gasteiger partial charge in [-0.3, -0.25) is 4.79 Å². The molecule has 0 aromatic heterocycles. The van der Waals surface area contributed by atoms with Gasteiger partial charge in [-0.2, -0.15) is 22.0 Å². The third kappa shape index (κ3) is 7.57. The highest BCUT2D eigenvalue weighted by molar-refractivity contribution is 5.75. The highest BCUT2D eigenvalue weighted by atomic mass is 19.4. The summed E-state index contributed by atoms with van der Waals surface area (Å²) in [5.74, 6) is -1.60. The van der Waals surface area contributed by atoms with Crippen molar-refractivity contribution < 1.29 is 50.1 Å². The van der Waals surface area contributed by atoms with Gasteiger partial charge in [0.2, 0.25) is 0 Å². The molecule has 11 heteroatoms. The van der Waals surface area contributed by atoms with Crippen molar-refractivity contribution in [3.8, 4) is 11.5 Å². The highest BCUT2D eigenvalue weighted by Gasteiger charge is 2.59. The van der Waals surface area contributed by atoms with Crippen molar-refractivity contribution in [3.05, 3.63) is 24.3 Å². The van der Waals surface area contributed by atoms with E-state index >= 15 is 0 Å². The second kappa shape index (κ2) is 10.5. The van der Waals surface area contributed by atoms with Gasteiger partial charge in [0, 0.05) is 6.61 Å². The average Bonchev–Trinajstić information content (AvgIpc) is 2.68. The molecule has 0 N–H and O–H groups in total. The molecule has 0 spiro atoms. The molecule has 176 valence electrons. The first kappa shape index (κ1) is 25.3. The number of carbonyl (C=O) groups excluding carboxylic acids is 1. The first-order valence-corrected chi connectivity index (χ1v) is 9.78. The van der Waals surface area contributed by atoms with E-state index in [0.717, 1.165) is 24.3 Å². The Morgan fingerprint density at radius 3 is 2.10 bits per heavy atom. The zero-order valence-electron chi connectivity index (χ0n) is 17.0. The molecular weight excluding hydrogens is 434 g/mol. The quantitative estimate of drug-likeness (QED) is 0.214. The summed E-state index contributed by atoms with van der Waals surface area (Å²) in [4.78, 5) is 12.3. The number of halogens is 6. The normalized spacial score (nSPS) is 21.9. The van der Waals surface area contributed by atoms with Gasteiger partial charge in [-0.1, -0.05) is 0 Å². The Labute approximate surface area is 175 Å². The van der Waals surface area contributed by atoms with E-state index in [1.165, 1.54) is 0 Å². The lowest BCUT2D eigenvalue weighted by molar-refractivity contribution is -0.305. The topological polar surface area (TPSA) is 54.0 Å². The summed E-state index contributed by atoms with van der Waals surface area (Å²) < 4.78 is 96.0. The predicted octanol–water partition coefficient (Wildman–Crippen LogP) is 5.42. The first-order chi connectivity index (χ1) is 14.4. The Hall–Kier alpha value is -2.01. The highest BCUT2D eigenvalue weighted by Crippen LogP contribution is 2.37. The zero-order chi connectivity index (χ0) is 23.2. The third-order valence-corrected chi connectivity index (χ3v) is 4.67. The Morgan fingerprint density at radius 2 is 1.58 bits per heavy atom. The fourth-order valence-corrected chi connectivity index (χ4v) is 3.15. The molecule has 1 aliphatic rings. The van der Waals surface area contributed by atoms with Crippen LogP contribution in [0.5, 0.6) is 11.5 Å². The zero-order valence-corrected chi connectivity index (χ0v) is 17.0. The van der Waals surface area contributed by atoms with Gasteiger partial charge in [0.25, 0.3) is 6.17 Å². The van der Waals surface area contributed by atoms with E-state index in [9.17, 15) is 31.1 Å². The summed E-state index contributed by atoms with van der Waals surface area (Å²) in [6, 6.07) is 3.87. The largest absolute Gasteiger partial charge is 0.439 e. The first-order valence-electron chi connectivity index (χ1n) is 9.78. The number of ether oxygens (including phenoxy) is 4. The molecule has 31 heavy (non-hydrogen) atoms. The van der Waals surface area contributed by atoms with Gasteiger partial charge in [0.05, 0.1) is 12.0 Å². The van der Waals surface area contributed by atoms with Gasteiger partial charge < -0.3 is 18.9 Å². The number of rotatable bonds is 9. The van der Waals surface area contributed by atoms with E-state index in [1.54, 1.807) is 6.92 Å². The Bertz CT molecular complexity index is 701. The van der Waals surface area contributed by atoms with Crippen LogP contribution in [0.25, 0.3) is 0 Å². The summed E-state index contributed by atoms with van der Waals surface area (Å²) in [6.45, 7) is 4.18. The number of alkyl halides is 6. The summed E-state index contributed by atoms with van der Waals surface area (Å²) in [7, 11) is 0. The summed E-state index contributed by atoms with van der Waals surface area (Å²) in [5.41, 5.74) is 0. The second-order valence-corrected chi connectivity index (χ2v) is 7.09. The van der Waals surface area contributed by atoms with Crippen molar-refractivity contribution in [2.75, 3.05) is 6.61 Å². The molecule has 1 aliphatic carbocycles. The van der Waals surface area contributed by atoms with Gasteiger partial charge in [-0.05, 0) is 63.8 Å². The van der Waals surface area contributed by atoms with E-state index in [-0.39, 0.29) is 24.1 Å². The molecule has 0 bridgehead atoms. The van der Waals surface area contributed by atoms with Crippen molar-refractivity contribution in [1.29, 1.82) is 0 Å².